The number of aromatic nitrogens is 3. The first-order valence-electron chi connectivity index (χ1n) is 8.03. The van der Waals surface area contributed by atoms with Crippen molar-refractivity contribution in [1.82, 2.24) is 20.1 Å². The summed E-state index contributed by atoms with van der Waals surface area (Å²) in [5.74, 6) is -0.0880. The molecule has 0 saturated heterocycles. The van der Waals surface area contributed by atoms with E-state index in [1.807, 2.05) is 31.4 Å². The van der Waals surface area contributed by atoms with Crippen molar-refractivity contribution < 1.29 is 4.79 Å². The zero-order valence-corrected chi connectivity index (χ0v) is 13.4. The number of rotatable bonds is 3. The van der Waals surface area contributed by atoms with Gasteiger partial charge in [0.1, 0.15) is 0 Å². The number of fused-ring (bicyclic) bond motifs is 1. The fraction of sp³-hybridized carbons (Fsp3) is 0.211. The second kappa shape index (κ2) is 5.92. The first kappa shape index (κ1) is 14.6. The predicted octanol–water partition coefficient (Wildman–Crippen LogP) is 2.90. The van der Waals surface area contributed by atoms with Gasteiger partial charge in [-0.15, -0.1) is 0 Å². The highest BCUT2D eigenvalue weighted by atomic mass is 16.1. The number of benzene rings is 1. The van der Waals surface area contributed by atoms with Crippen LogP contribution in [0.15, 0.2) is 55.1 Å². The normalized spacial score (nSPS) is 16.0. The predicted molar refractivity (Wildman–Crippen MR) is 91.4 cm³/mol. The van der Waals surface area contributed by atoms with Gasteiger partial charge in [-0.1, -0.05) is 24.3 Å². The molecule has 1 atom stereocenters. The van der Waals surface area contributed by atoms with Crippen LogP contribution >= 0.6 is 0 Å². The van der Waals surface area contributed by atoms with E-state index in [-0.39, 0.29) is 11.9 Å². The molecule has 3 aromatic rings. The van der Waals surface area contributed by atoms with Gasteiger partial charge in [-0.2, -0.15) is 5.10 Å². The molecule has 0 radical (unpaired) electrons. The van der Waals surface area contributed by atoms with Gasteiger partial charge in [0.15, 0.2) is 0 Å². The Morgan fingerprint density at radius 2 is 2.08 bits per heavy atom. The Bertz CT molecular complexity index is 900. The number of pyridine rings is 1. The summed E-state index contributed by atoms with van der Waals surface area (Å²) in [6, 6.07) is 10.2. The molecule has 1 N–H and O–H groups in total. The minimum Gasteiger partial charge on any atom is -0.345 e. The van der Waals surface area contributed by atoms with E-state index < -0.39 is 0 Å². The van der Waals surface area contributed by atoms with E-state index in [9.17, 15) is 4.79 Å². The Balaban J connectivity index is 1.55. The van der Waals surface area contributed by atoms with E-state index in [0.717, 1.165) is 24.0 Å². The molecule has 4 rings (SSSR count). The van der Waals surface area contributed by atoms with Crippen molar-refractivity contribution in [2.45, 2.75) is 18.9 Å². The molecule has 1 amide bonds. The molecule has 0 saturated carbocycles. The standard InChI is InChI=1S/C19H18N4O/c1-23-12-16(11-21-23)14-8-15(10-20-9-14)19(24)22-18-7-6-13-4-2-3-5-17(13)18/h2-5,8-12,18H,6-7H2,1H3,(H,22,24). The number of carbonyl (C=O) groups is 1. The Kier molecular flexibility index (Phi) is 3.61. The molecule has 120 valence electrons. The molecule has 2 heterocycles. The summed E-state index contributed by atoms with van der Waals surface area (Å²) in [5, 5.41) is 7.30. The van der Waals surface area contributed by atoms with Crippen molar-refractivity contribution in [2.24, 2.45) is 7.05 Å². The van der Waals surface area contributed by atoms with Crippen LogP contribution in [-0.2, 0) is 13.5 Å². The van der Waals surface area contributed by atoms with E-state index in [2.05, 4.69) is 27.5 Å². The van der Waals surface area contributed by atoms with E-state index in [1.54, 1.807) is 23.3 Å². The number of nitrogens with zero attached hydrogens (tertiary/aromatic N) is 3. The third-order valence-electron chi connectivity index (χ3n) is 4.48. The molecular formula is C19H18N4O. The minimum atomic E-state index is -0.0880. The van der Waals surface area contributed by atoms with Crippen LogP contribution in [0.5, 0.6) is 0 Å². The topological polar surface area (TPSA) is 59.8 Å². The van der Waals surface area contributed by atoms with Crippen LogP contribution in [0.2, 0.25) is 0 Å². The first-order valence-corrected chi connectivity index (χ1v) is 8.03. The van der Waals surface area contributed by atoms with Gasteiger partial charge in [0.2, 0.25) is 0 Å². The van der Waals surface area contributed by atoms with Crippen LogP contribution < -0.4 is 5.32 Å². The molecule has 0 fully saturated rings. The first-order chi connectivity index (χ1) is 11.7. The van der Waals surface area contributed by atoms with Crippen molar-refractivity contribution in [2.75, 3.05) is 0 Å². The van der Waals surface area contributed by atoms with Gasteiger partial charge >= 0.3 is 0 Å². The summed E-state index contributed by atoms with van der Waals surface area (Å²) in [5.41, 5.74) is 4.96. The summed E-state index contributed by atoms with van der Waals surface area (Å²) < 4.78 is 1.73. The Hall–Kier alpha value is -2.95. The maximum atomic E-state index is 12.6. The Morgan fingerprint density at radius 1 is 1.21 bits per heavy atom. The van der Waals surface area contributed by atoms with Crippen molar-refractivity contribution in [1.29, 1.82) is 0 Å². The van der Waals surface area contributed by atoms with E-state index in [0.29, 0.717) is 5.56 Å². The zero-order valence-electron chi connectivity index (χ0n) is 13.4. The second-order valence-electron chi connectivity index (χ2n) is 6.13. The van der Waals surface area contributed by atoms with E-state index in [4.69, 9.17) is 0 Å². The van der Waals surface area contributed by atoms with Crippen molar-refractivity contribution in [3.63, 3.8) is 0 Å². The number of amides is 1. The van der Waals surface area contributed by atoms with Crippen LogP contribution in [0.3, 0.4) is 0 Å². The van der Waals surface area contributed by atoms with Crippen molar-refractivity contribution >= 4 is 5.91 Å². The molecule has 0 bridgehead atoms. The summed E-state index contributed by atoms with van der Waals surface area (Å²) in [7, 11) is 1.87. The molecule has 24 heavy (non-hydrogen) atoms. The lowest BCUT2D eigenvalue weighted by Crippen LogP contribution is -2.27. The third-order valence-corrected chi connectivity index (χ3v) is 4.48. The summed E-state index contributed by atoms with van der Waals surface area (Å²) in [4.78, 5) is 16.8. The number of aryl methyl sites for hydroxylation is 2. The van der Waals surface area contributed by atoms with Crippen LogP contribution in [0.1, 0.15) is 33.9 Å². The summed E-state index contributed by atoms with van der Waals surface area (Å²) in [6.45, 7) is 0. The smallest absolute Gasteiger partial charge is 0.253 e. The van der Waals surface area contributed by atoms with Gasteiger partial charge in [0.05, 0.1) is 17.8 Å². The van der Waals surface area contributed by atoms with Crippen molar-refractivity contribution in [3.05, 3.63) is 71.8 Å². The maximum Gasteiger partial charge on any atom is 0.253 e. The average molecular weight is 318 g/mol. The Labute approximate surface area is 140 Å². The summed E-state index contributed by atoms with van der Waals surface area (Å²) >= 11 is 0. The molecule has 0 aliphatic heterocycles. The minimum absolute atomic E-state index is 0.0794. The molecule has 1 unspecified atom stereocenters. The van der Waals surface area contributed by atoms with E-state index in [1.165, 1.54) is 11.1 Å². The number of nitrogens with one attached hydrogen (secondary N) is 1. The molecule has 2 aromatic heterocycles. The highest BCUT2D eigenvalue weighted by molar-refractivity contribution is 5.95. The molecule has 5 heteroatoms. The number of hydrogen-bond acceptors (Lipinski definition) is 3. The molecule has 1 aromatic carbocycles. The third kappa shape index (κ3) is 2.69. The number of carbonyl (C=O) groups excluding carboxylic acids is 1. The lowest BCUT2D eigenvalue weighted by Gasteiger charge is -2.14. The lowest BCUT2D eigenvalue weighted by atomic mass is 10.1. The van der Waals surface area contributed by atoms with Gasteiger partial charge in [-0.3, -0.25) is 14.5 Å². The van der Waals surface area contributed by atoms with Gasteiger partial charge in [-0.25, -0.2) is 0 Å². The SMILES string of the molecule is Cn1cc(-c2cncc(C(=O)NC3CCc4ccccc43)c2)cn1. The van der Waals surface area contributed by atoms with Gasteiger partial charge in [0.25, 0.3) is 5.91 Å². The largest absolute Gasteiger partial charge is 0.345 e. The molecular weight excluding hydrogens is 300 g/mol. The quantitative estimate of drug-likeness (QED) is 0.808. The maximum absolute atomic E-state index is 12.6. The van der Waals surface area contributed by atoms with Crippen LogP contribution in [0.25, 0.3) is 11.1 Å². The molecule has 0 spiro atoms. The van der Waals surface area contributed by atoms with E-state index >= 15 is 0 Å². The van der Waals surface area contributed by atoms with Crippen LogP contribution in [0.4, 0.5) is 0 Å². The van der Waals surface area contributed by atoms with Crippen LogP contribution in [0, 0.1) is 0 Å². The fourth-order valence-corrected chi connectivity index (χ4v) is 3.24. The van der Waals surface area contributed by atoms with Gasteiger partial charge in [0, 0.05) is 36.8 Å². The molecule has 5 nitrogen and oxygen atoms in total. The second-order valence-corrected chi connectivity index (χ2v) is 6.13. The number of hydrogen-bond donors (Lipinski definition) is 1. The highest BCUT2D eigenvalue weighted by Gasteiger charge is 2.24. The lowest BCUT2D eigenvalue weighted by molar-refractivity contribution is 0.0936. The van der Waals surface area contributed by atoms with Crippen LogP contribution in [-0.4, -0.2) is 20.7 Å². The highest BCUT2D eigenvalue weighted by Crippen LogP contribution is 2.31. The Morgan fingerprint density at radius 3 is 2.92 bits per heavy atom. The molecule has 1 aliphatic rings. The van der Waals surface area contributed by atoms with Gasteiger partial charge < -0.3 is 5.32 Å². The fourth-order valence-electron chi connectivity index (χ4n) is 3.24. The summed E-state index contributed by atoms with van der Waals surface area (Å²) in [6.07, 6.45) is 8.99. The van der Waals surface area contributed by atoms with Crippen molar-refractivity contribution in [3.8, 4) is 11.1 Å². The average Bonchev–Trinajstić information content (AvgIpc) is 3.22. The van der Waals surface area contributed by atoms with Gasteiger partial charge in [-0.05, 0) is 30.0 Å². The molecule has 1 aliphatic carbocycles. The monoisotopic (exact) mass is 318 g/mol. The zero-order chi connectivity index (χ0) is 16.5.